The van der Waals surface area contributed by atoms with Crippen molar-refractivity contribution in [1.29, 1.82) is 0 Å². The second-order valence-corrected chi connectivity index (χ2v) is 9.27. The van der Waals surface area contributed by atoms with E-state index in [9.17, 15) is 9.59 Å². The van der Waals surface area contributed by atoms with E-state index in [0.29, 0.717) is 36.5 Å². The number of aliphatic imine (C=N–C) groups is 1. The molecule has 0 saturated heterocycles. The van der Waals surface area contributed by atoms with Crippen LogP contribution < -0.4 is 4.74 Å². The number of esters is 1. The van der Waals surface area contributed by atoms with Gasteiger partial charge in [-0.15, -0.1) is 0 Å². The summed E-state index contributed by atoms with van der Waals surface area (Å²) in [6.45, 7) is 6.20. The van der Waals surface area contributed by atoms with E-state index >= 15 is 0 Å². The molecule has 0 amide bonds. The molecule has 33 heavy (non-hydrogen) atoms. The topological polar surface area (TPSA) is 65.0 Å². The minimum absolute atomic E-state index is 0.0407. The zero-order valence-corrected chi connectivity index (χ0v) is 19.7. The molecule has 1 unspecified atom stereocenters. The van der Waals surface area contributed by atoms with Gasteiger partial charge in [0.25, 0.3) is 0 Å². The zero-order valence-electron chi connectivity index (χ0n) is 19.7. The minimum Gasteiger partial charge on any atom is -0.496 e. The van der Waals surface area contributed by atoms with Crippen molar-refractivity contribution in [3.63, 3.8) is 0 Å². The van der Waals surface area contributed by atoms with Crippen molar-refractivity contribution in [2.45, 2.75) is 45.4 Å². The number of hydrogen-bond acceptors (Lipinski definition) is 5. The molecule has 1 heterocycles. The van der Waals surface area contributed by atoms with Crippen molar-refractivity contribution in [2.24, 2.45) is 16.8 Å². The number of ether oxygens (including phenoxy) is 2. The molecule has 0 N–H and O–H groups in total. The van der Waals surface area contributed by atoms with Gasteiger partial charge in [0.05, 0.1) is 13.7 Å². The first-order valence-corrected chi connectivity index (χ1v) is 11.6. The standard InChI is InChI=1S/C28H31NO4/c1-17(2)16-33-28(31)25-18(3)29-22-14-20(19-10-6-5-7-11-19)15-23(30)27(22)26(25)21-12-8-9-13-24(21)32-4/h5-13,17,20,25-26H,14-16H2,1-4H3/t20-,25?,26+/m1/s1. The summed E-state index contributed by atoms with van der Waals surface area (Å²) in [4.78, 5) is 31.7. The molecule has 2 aromatic rings. The number of hydrogen-bond donors (Lipinski definition) is 0. The summed E-state index contributed by atoms with van der Waals surface area (Å²) in [5.74, 6) is -0.476. The van der Waals surface area contributed by atoms with E-state index in [0.717, 1.165) is 16.8 Å². The number of carbonyl (C=O) groups is 2. The molecule has 0 fully saturated rings. The highest BCUT2D eigenvalue weighted by molar-refractivity contribution is 6.09. The van der Waals surface area contributed by atoms with Crippen LogP contribution in [0.4, 0.5) is 0 Å². The molecule has 0 aromatic heterocycles. The Morgan fingerprint density at radius 1 is 1.06 bits per heavy atom. The summed E-state index contributed by atoms with van der Waals surface area (Å²) >= 11 is 0. The number of para-hydroxylation sites is 1. The van der Waals surface area contributed by atoms with Crippen molar-refractivity contribution in [2.75, 3.05) is 13.7 Å². The van der Waals surface area contributed by atoms with Crippen molar-refractivity contribution < 1.29 is 19.1 Å². The fourth-order valence-electron chi connectivity index (χ4n) is 4.92. The number of allylic oxidation sites excluding steroid dienone is 2. The largest absolute Gasteiger partial charge is 0.496 e. The van der Waals surface area contributed by atoms with Crippen molar-refractivity contribution in [3.8, 4) is 5.75 Å². The summed E-state index contributed by atoms with van der Waals surface area (Å²) in [6.07, 6.45) is 1.07. The molecule has 1 aliphatic carbocycles. The van der Waals surface area contributed by atoms with Gasteiger partial charge in [-0.25, -0.2) is 0 Å². The Bertz CT molecular complexity index is 1100. The molecule has 3 atom stereocenters. The van der Waals surface area contributed by atoms with E-state index in [4.69, 9.17) is 14.5 Å². The predicted octanol–water partition coefficient (Wildman–Crippen LogP) is 5.47. The molecule has 5 heteroatoms. The van der Waals surface area contributed by atoms with Crippen LogP contribution in [0.25, 0.3) is 0 Å². The van der Waals surface area contributed by atoms with E-state index in [-0.39, 0.29) is 23.6 Å². The van der Waals surface area contributed by atoms with Gasteiger partial charge in [-0.1, -0.05) is 62.4 Å². The van der Waals surface area contributed by atoms with Gasteiger partial charge in [-0.2, -0.15) is 0 Å². The molecule has 0 bridgehead atoms. The van der Waals surface area contributed by atoms with Crippen LogP contribution >= 0.6 is 0 Å². The smallest absolute Gasteiger partial charge is 0.315 e. The van der Waals surface area contributed by atoms with Gasteiger partial charge in [0.2, 0.25) is 0 Å². The Balaban J connectivity index is 1.80. The Labute approximate surface area is 195 Å². The SMILES string of the molecule is COc1ccccc1[C@@H]1C2=C(C[C@@H](c3ccccc3)CC2=O)N=C(C)C1C(=O)OCC(C)C. The Morgan fingerprint density at radius 2 is 1.76 bits per heavy atom. The molecule has 2 aliphatic rings. The molecule has 1 aliphatic heterocycles. The number of ketones is 1. The second kappa shape index (κ2) is 9.74. The van der Waals surface area contributed by atoms with Crippen molar-refractivity contribution >= 4 is 17.5 Å². The van der Waals surface area contributed by atoms with Gasteiger partial charge in [0, 0.05) is 34.9 Å². The van der Waals surface area contributed by atoms with E-state index in [1.54, 1.807) is 7.11 Å². The van der Waals surface area contributed by atoms with Crippen LogP contribution in [0.1, 0.15) is 56.6 Å². The number of methoxy groups -OCH3 is 1. The first kappa shape index (κ1) is 23.0. The zero-order chi connectivity index (χ0) is 23.5. The average Bonchev–Trinajstić information content (AvgIpc) is 2.82. The van der Waals surface area contributed by atoms with E-state index in [2.05, 4.69) is 12.1 Å². The molecule has 5 nitrogen and oxygen atoms in total. The lowest BCUT2D eigenvalue weighted by molar-refractivity contribution is -0.147. The third-order valence-corrected chi connectivity index (χ3v) is 6.45. The van der Waals surface area contributed by atoms with Gasteiger partial charge in [-0.05, 0) is 36.8 Å². The summed E-state index contributed by atoms with van der Waals surface area (Å²) in [7, 11) is 1.61. The van der Waals surface area contributed by atoms with Gasteiger partial charge in [-0.3, -0.25) is 14.6 Å². The molecule has 0 radical (unpaired) electrons. The molecule has 0 spiro atoms. The van der Waals surface area contributed by atoms with Gasteiger partial charge < -0.3 is 9.47 Å². The van der Waals surface area contributed by atoms with Crippen LogP contribution in [0.3, 0.4) is 0 Å². The number of nitrogens with zero attached hydrogens (tertiary/aromatic N) is 1. The van der Waals surface area contributed by atoms with E-state index < -0.39 is 11.8 Å². The lowest BCUT2D eigenvalue weighted by atomic mass is 9.69. The monoisotopic (exact) mass is 445 g/mol. The maximum atomic E-state index is 13.6. The molecule has 172 valence electrons. The van der Waals surface area contributed by atoms with Crippen molar-refractivity contribution in [3.05, 3.63) is 77.0 Å². The Morgan fingerprint density at radius 3 is 2.45 bits per heavy atom. The Hall–Kier alpha value is -3.21. The Kier molecular flexibility index (Phi) is 6.77. The van der Waals surface area contributed by atoms with E-state index in [1.807, 2.05) is 63.2 Å². The fraction of sp³-hybridized carbons (Fsp3) is 0.393. The van der Waals surface area contributed by atoms with Crippen LogP contribution in [0, 0.1) is 11.8 Å². The first-order chi connectivity index (χ1) is 15.9. The van der Waals surface area contributed by atoms with E-state index in [1.165, 1.54) is 0 Å². The lowest BCUT2D eigenvalue weighted by Crippen LogP contribution is -2.38. The van der Waals surface area contributed by atoms with Crippen LogP contribution in [0.5, 0.6) is 5.75 Å². The maximum Gasteiger partial charge on any atom is 0.315 e. The highest BCUT2D eigenvalue weighted by Crippen LogP contribution is 2.48. The third-order valence-electron chi connectivity index (χ3n) is 6.45. The number of Topliss-reactive ketones (excluding diaryl/α,β-unsaturated/α-hetero) is 1. The minimum atomic E-state index is -0.656. The summed E-state index contributed by atoms with van der Waals surface area (Å²) in [6, 6.07) is 17.7. The van der Waals surface area contributed by atoms with Gasteiger partial charge >= 0.3 is 5.97 Å². The number of carbonyl (C=O) groups excluding carboxylic acids is 2. The fourth-order valence-corrected chi connectivity index (χ4v) is 4.92. The summed E-state index contributed by atoms with van der Waals surface area (Å²) in [5, 5.41) is 0. The molecule has 0 saturated carbocycles. The third kappa shape index (κ3) is 4.63. The van der Waals surface area contributed by atoms with Crippen LogP contribution in [-0.4, -0.2) is 31.2 Å². The second-order valence-electron chi connectivity index (χ2n) is 9.27. The first-order valence-electron chi connectivity index (χ1n) is 11.6. The molecular weight excluding hydrogens is 414 g/mol. The number of benzene rings is 2. The highest BCUT2D eigenvalue weighted by Gasteiger charge is 2.45. The molecule has 4 rings (SSSR count). The average molecular weight is 446 g/mol. The van der Waals surface area contributed by atoms with Crippen LogP contribution in [0.15, 0.2) is 70.9 Å². The molecular formula is C28H31NO4. The number of rotatable bonds is 6. The molecule has 2 aromatic carbocycles. The predicted molar refractivity (Wildman–Crippen MR) is 129 cm³/mol. The maximum absolute atomic E-state index is 13.6. The summed E-state index contributed by atoms with van der Waals surface area (Å²) in [5.41, 5.74) is 4.04. The van der Waals surface area contributed by atoms with Crippen LogP contribution in [0.2, 0.25) is 0 Å². The van der Waals surface area contributed by atoms with Gasteiger partial charge in [0.15, 0.2) is 5.78 Å². The quantitative estimate of drug-likeness (QED) is 0.553. The lowest BCUT2D eigenvalue weighted by Gasteiger charge is -2.37. The van der Waals surface area contributed by atoms with Crippen LogP contribution in [-0.2, 0) is 14.3 Å². The van der Waals surface area contributed by atoms with Gasteiger partial charge in [0.1, 0.15) is 11.7 Å². The van der Waals surface area contributed by atoms with Crippen molar-refractivity contribution in [1.82, 2.24) is 0 Å². The normalized spacial score (nSPS) is 22.6. The highest BCUT2D eigenvalue weighted by atomic mass is 16.5. The summed E-state index contributed by atoms with van der Waals surface area (Å²) < 4.78 is 11.3.